The number of imidazole rings is 1. The van der Waals surface area contributed by atoms with Crippen molar-refractivity contribution in [2.45, 2.75) is 31.5 Å². The molecule has 6 heteroatoms. The number of aliphatic hydroxyl groups is 1. The number of aromatic nitrogens is 2. The number of aliphatic hydroxyl groups excluding tert-OH is 1. The number of benzene rings is 1. The molecule has 1 fully saturated rings. The van der Waals surface area contributed by atoms with E-state index in [2.05, 4.69) is 10.3 Å². The van der Waals surface area contributed by atoms with E-state index in [1.165, 1.54) is 6.07 Å². The molecule has 1 aromatic carbocycles. The SMILES string of the molecule is O[C@H]1CCCN[C@@H]1/C=C/Cn1cnc2cc(Cl)cc(F)c21. The van der Waals surface area contributed by atoms with Crippen molar-refractivity contribution in [3.8, 4) is 0 Å². The van der Waals surface area contributed by atoms with Crippen molar-refractivity contribution in [3.05, 3.63) is 41.5 Å². The molecule has 112 valence electrons. The molecule has 0 aliphatic carbocycles. The minimum Gasteiger partial charge on any atom is -0.391 e. The lowest BCUT2D eigenvalue weighted by molar-refractivity contribution is 0.115. The maximum absolute atomic E-state index is 14.0. The molecule has 4 nitrogen and oxygen atoms in total. The molecule has 2 heterocycles. The first kappa shape index (κ1) is 14.5. The third-order valence-electron chi connectivity index (χ3n) is 3.75. The maximum Gasteiger partial charge on any atom is 0.150 e. The van der Waals surface area contributed by atoms with Gasteiger partial charge in [0.15, 0.2) is 5.82 Å². The van der Waals surface area contributed by atoms with Crippen molar-refractivity contribution >= 4 is 22.6 Å². The molecule has 0 bridgehead atoms. The summed E-state index contributed by atoms with van der Waals surface area (Å²) < 4.78 is 15.7. The molecular weight excluding hydrogens is 293 g/mol. The topological polar surface area (TPSA) is 50.1 Å². The first-order chi connectivity index (χ1) is 10.1. The Kier molecular flexibility index (Phi) is 4.24. The van der Waals surface area contributed by atoms with Crippen LogP contribution in [0.2, 0.25) is 5.02 Å². The Morgan fingerprint density at radius 2 is 2.38 bits per heavy atom. The van der Waals surface area contributed by atoms with E-state index >= 15 is 0 Å². The van der Waals surface area contributed by atoms with Crippen LogP contribution in [-0.4, -0.2) is 33.3 Å². The average molecular weight is 310 g/mol. The van der Waals surface area contributed by atoms with Crippen LogP contribution >= 0.6 is 11.6 Å². The van der Waals surface area contributed by atoms with Gasteiger partial charge in [-0.2, -0.15) is 0 Å². The third-order valence-corrected chi connectivity index (χ3v) is 3.97. The second kappa shape index (κ2) is 6.13. The fourth-order valence-corrected chi connectivity index (χ4v) is 2.88. The standard InChI is InChI=1S/C15H17ClFN3O/c16-10-7-11(17)15-13(8-10)19-9-20(15)6-2-3-12-14(21)4-1-5-18-12/h2-3,7-9,12,14,18,21H,1,4-6H2/b3-2+/t12-,14+/m1/s1. The summed E-state index contributed by atoms with van der Waals surface area (Å²) >= 11 is 5.82. The average Bonchev–Trinajstić information content (AvgIpc) is 2.84. The predicted octanol–water partition coefficient (Wildman–Crippen LogP) is 2.50. The van der Waals surface area contributed by atoms with Gasteiger partial charge in [-0.05, 0) is 31.5 Å². The van der Waals surface area contributed by atoms with Crippen molar-refractivity contribution in [1.82, 2.24) is 14.9 Å². The van der Waals surface area contributed by atoms with Crippen molar-refractivity contribution in [2.75, 3.05) is 6.54 Å². The molecule has 2 N–H and O–H groups in total. The van der Waals surface area contributed by atoms with Gasteiger partial charge >= 0.3 is 0 Å². The molecule has 1 saturated heterocycles. The zero-order valence-corrected chi connectivity index (χ0v) is 12.2. The normalized spacial score (nSPS) is 23.2. The fourth-order valence-electron chi connectivity index (χ4n) is 2.68. The summed E-state index contributed by atoms with van der Waals surface area (Å²) in [4.78, 5) is 4.16. The number of allylic oxidation sites excluding steroid dienone is 1. The predicted molar refractivity (Wildman–Crippen MR) is 80.9 cm³/mol. The van der Waals surface area contributed by atoms with Crippen molar-refractivity contribution in [2.24, 2.45) is 0 Å². The quantitative estimate of drug-likeness (QED) is 0.857. The summed E-state index contributed by atoms with van der Waals surface area (Å²) in [7, 11) is 0. The Hall–Kier alpha value is -1.43. The van der Waals surface area contributed by atoms with Crippen LogP contribution in [0.4, 0.5) is 4.39 Å². The Morgan fingerprint density at radius 3 is 3.19 bits per heavy atom. The number of fused-ring (bicyclic) bond motifs is 1. The minimum atomic E-state index is -0.376. The number of halogens is 2. The highest BCUT2D eigenvalue weighted by atomic mass is 35.5. The Labute approximate surface area is 127 Å². The van der Waals surface area contributed by atoms with Crippen LogP contribution in [0.1, 0.15) is 12.8 Å². The second-order valence-corrected chi connectivity index (χ2v) is 5.71. The molecular formula is C15H17ClFN3O. The van der Waals surface area contributed by atoms with E-state index in [1.54, 1.807) is 17.0 Å². The van der Waals surface area contributed by atoms with E-state index in [0.717, 1.165) is 19.4 Å². The maximum atomic E-state index is 14.0. The Balaban J connectivity index is 1.76. The van der Waals surface area contributed by atoms with Gasteiger partial charge in [0.05, 0.1) is 24.0 Å². The van der Waals surface area contributed by atoms with Gasteiger partial charge in [0.1, 0.15) is 5.52 Å². The smallest absolute Gasteiger partial charge is 0.150 e. The van der Waals surface area contributed by atoms with E-state index < -0.39 is 0 Å². The van der Waals surface area contributed by atoms with Crippen LogP contribution in [0.3, 0.4) is 0 Å². The van der Waals surface area contributed by atoms with Gasteiger partial charge in [-0.15, -0.1) is 0 Å². The number of nitrogens with zero attached hydrogens (tertiary/aromatic N) is 2. The summed E-state index contributed by atoms with van der Waals surface area (Å²) in [5.74, 6) is -0.376. The molecule has 0 amide bonds. The molecule has 2 aromatic rings. The van der Waals surface area contributed by atoms with E-state index in [4.69, 9.17) is 11.6 Å². The number of hydrogen-bond donors (Lipinski definition) is 2. The second-order valence-electron chi connectivity index (χ2n) is 5.27. The largest absolute Gasteiger partial charge is 0.391 e. The first-order valence-corrected chi connectivity index (χ1v) is 7.41. The monoisotopic (exact) mass is 309 g/mol. The van der Waals surface area contributed by atoms with Crippen molar-refractivity contribution < 1.29 is 9.50 Å². The van der Waals surface area contributed by atoms with E-state index in [0.29, 0.717) is 22.6 Å². The molecule has 0 spiro atoms. The molecule has 2 atom stereocenters. The summed E-state index contributed by atoms with van der Waals surface area (Å²) in [5, 5.41) is 13.5. The Bertz CT molecular complexity index is 670. The molecule has 3 rings (SSSR count). The molecule has 0 radical (unpaired) electrons. The van der Waals surface area contributed by atoms with Gasteiger partial charge in [-0.25, -0.2) is 9.37 Å². The highest BCUT2D eigenvalue weighted by Gasteiger charge is 2.19. The van der Waals surface area contributed by atoms with Crippen LogP contribution in [0.15, 0.2) is 30.6 Å². The van der Waals surface area contributed by atoms with Crippen LogP contribution in [0.5, 0.6) is 0 Å². The summed E-state index contributed by atoms with van der Waals surface area (Å²) in [6.07, 6.45) is 6.89. The number of rotatable bonds is 3. The number of nitrogens with one attached hydrogen (secondary N) is 1. The fraction of sp³-hybridized carbons (Fsp3) is 0.400. The van der Waals surface area contributed by atoms with Crippen LogP contribution in [0, 0.1) is 5.82 Å². The lowest BCUT2D eigenvalue weighted by Gasteiger charge is -2.26. The van der Waals surface area contributed by atoms with Gasteiger partial charge in [-0.3, -0.25) is 0 Å². The third kappa shape index (κ3) is 3.10. The first-order valence-electron chi connectivity index (χ1n) is 7.03. The molecule has 1 aliphatic heterocycles. The summed E-state index contributed by atoms with van der Waals surface area (Å²) in [6.45, 7) is 1.41. The van der Waals surface area contributed by atoms with Crippen LogP contribution in [0.25, 0.3) is 11.0 Å². The summed E-state index contributed by atoms with van der Waals surface area (Å²) in [5.41, 5.74) is 0.991. The van der Waals surface area contributed by atoms with Crippen molar-refractivity contribution in [1.29, 1.82) is 0 Å². The zero-order valence-electron chi connectivity index (χ0n) is 11.5. The van der Waals surface area contributed by atoms with E-state index in [1.807, 2.05) is 12.2 Å². The summed E-state index contributed by atoms with van der Waals surface area (Å²) in [6, 6.07) is 2.90. The molecule has 0 unspecified atom stereocenters. The molecule has 0 saturated carbocycles. The van der Waals surface area contributed by atoms with E-state index in [9.17, 15) is 9.50 Å². The molecule has 1 aliphatic rings. The molecule has 1 aromatic heterocycles. The Morgan fingerprint density at radius 1 is 1.52 bits per heavy atom. The van der Waals surface area contributed by atoms with Crippen molar-refractivity contribution in [3.63, 3.8) is 0 Å². The van der Waals surface area contributed by atoms with Crippen LogP contribution < -0.4 is 5.32 Å². The number of hydrogen-bond acceptors (Lipinski definition) is 3. The van der Waals surface area contributed by atoms with Gasteiger partial charge in [0.2, 0.25) is 0 Å². The van der Waals surface area contributed by atoms with Gasteiger partial charge in [0.25, 0.3) is 0 Å². The van der Waals surface area contributed by atoms with Crippen LogP contribution in [-0.2, 0) is 6.54 Å². The highest BCUT2D eigenvalue weighted by molar-refractivity contribution is 6.31. The lowest BCUT2D eigenvalue weighted by Crippen LogP contribution is -2.43. The van der Waals surface area contributed by atoms with Gasteiger partial charge < -0.3 is 15.0 Å². The number of piperidine rings is 1. The highest BCUT2D eigenvalue weighted by Crippen LogP contribution is 2.22. The van der Waals surface area contributed by atoms with Gasteiger partial charge in [0, 0.05) is 11.6 Å². The van der Waals surface area contributed by atoms with Gasteiger partial charge in [-0.1, -0.05) is 23.8 Å². The zero-order chi connectivity index (χ0) is 14.8. The lowest BCUT2D eigenvalue weighted by atomic mass is 10.0. The van der Waals surface area contributed by atoms with E-state index in [-0.39, 0.29) is 18.0 Å². The minimum absolute atomic E-state index is 0.0344. The molecule has 21 heavy (non-hydrogen) atoms.